The van der Waals surface area contributed by atoms with Crippen LogP contribution in [0.3, 0.4) is 0 Å². The molecule has 0 fully saturated rings. The molecule has 0 atom stereocenters. The highest BCUT2D eigenvalue weighted by atomic mass is 19.1. The highest BCUT2D eigenvalue weighted by Gasteiger charge is 2.19. The van der Waals surface area contributed by atoms with Gasteiger partial charge in [0.15, 0.2) is 0 Å². The summed E-state index contributed by atoms with van der Waals surface area (Å²) in [6, 6.07) is 3.07. The Balaban J connectivity index is 2.40. The summed E-state index contributed by atoms with van der Waals surface area (Å²) in [5, 5.41) is 4.00. The van der Waals surface area contributed by atoms with E-state index in [1.807, 2.05) is 14.0 Å². The lowest BCUT2D eigenvalue weighted by molar-refractivity contribution is 0.110. The van der Waals surface area contributed by atoms with Crippen molar-refractivity contribution in [2.45, 2.75) is 20.0 Å². The largest absolute Gasteiger partial charge is 0.387 e. The molecule has 0 amide bonds. The van der Waals surface area contributed by atoms with Crippen LogP contribution in [0, 0.1) is 12.7 Å². The number of nitrogens with one attached hydrogen (secondary N) is 1. The number of anilines is 1. The molecule has 1 N–H and O–H groups in total. The second-order valence-corrected chi connectivity index (χ2v) is 4.58. The average molecular weight is 246 g/mol. The van der Waals surface area contributed by atoms with Crippen LogP contribution in [0.4, 0.5) is 10.1 Å². The quantitative estimate of drug-likeness (QED) is 0.840. The molecule has 0 bridgehead atoms. The summed E-state index contributed by atoms with van der Waals surface area (Å²) in [4.78, 5) is 4.68. The lowest BCUT2D eigenvalue weighted by Crippen LogP contribution is -2.14. The molecule has 94 valence electrons. The molecular formula is C14H15FN2O. The molecule has 0 spiro atoms. The first kappa shape index (κ1) is 11.4. The van der Waals surface area contributed by atoms with E-state index < -0.39 is 0 Å². The fourth-order valence-corrected chi connectivity index (χ4v) is 2.57. The van der Waals surface area contributed by atoms with Crippen LogP contribution in [-0.2, 0) is 17.8 Å². The number of ether oxygens (including phenoxy) is 1. The van der Waals surface area contributed by atoms with Crippen molar-refractivity contribution < 1.29 is 9.13 Å². The normalized spacial score (nSPS) is 14.6. The van der Waals surface area contributed by atoms with E-state index in [1.165, 1.54) is 12.1 Å². The number of aromatic nitrogens is 1. The zero-order valence-corrected chi connectivity index (χ0v) is 10.5. The van der Waals surface area contributed by atoms with Gasteiger partial charge in [0, 0.05) is 24.4 Å². The van der Waals surface area contributed by atoms with Crippen molar-refractivity contribution >= 4 is 16.6 Å². The molecule has 1 aromatic heterocycles. The summed E-state index contributed by atoms with van der Waals surface area (Å²) in [7, 11) is 1.85. The number of pyridine rings is 1. The minimum Gasteiger partial charge on any atom is -0.387 e. The van der Waals surface area contributed by atoms with E-state index in [0.717, 1.165) is 39.8 Å². The van der Waals surface area contributed by atoms with Gasteiger partial charge in [0.25, 0.3) is 0 Å². The van der Waals surface area contributed by atoms with Gasteiger partial charge in [0.1, 0.15) is 5.82 Å². The van der Waals surface area contributed by atoms with E-state index in [-0.39, 0.29) is 5.82 Å². The number of nitrogens with zero attached hydrogens (tertiary/aromatic N) is 1. The van der Waals surface area contributed by atoms with E-state index in [1.54, 1.807) is 0 Å². The number of halogens is 1. The van der Waals surface area contributed by atoms with Crippen LogP contribution in [0.5, 0.6) is 0 Å². The van der Waals surface area contributed by atoms with Crippen LogP contribution in [0.25, 0.3) is 10.9 Å². The van der Waals surface area contributed by atoms with Crippen LogP contribution in [0.15, 0.2) is 12.1 Å². The van der Waals surface area contributed by atoms with Gasteiger partial charge in [-0.3, -0.25) is 4.98 Å². The Morgan fingerprint density at radius 3 is 3.00 bits per heavy atom. The minimum atomic E-state index is -0.227. The third-order valence-corrected chi connectivity index (χ3v) is 3.41. The van der Waals surface area contributed by atoms with Crippen molar-refractivity contribution in [3.8, 4) is 0 Å². The summed E-state index contributed by atoms with van der Waals surface area (Å²) < 4.78 is 19.0. The Hall–Kier alpha value is -1.68. The number of rotatable bonds is 1. The Morgan fingerprint density at radius 1 is 1.39 bits per heavy atom. The Labute approximate surface area is 105 Å². The zero-order chi connectivity index (χ0) is 12.7. The lowest BCUT2D eigenvalue weighted by Gasteiger charge is -2.21. The number of hydrogen-bond donors (Lipinski definition) is 1. The van der Waals surface area contributed by atoms with E-state index >= 15 is 0 Å². The standard InChI is InChI=1S/C14H15FN2O/c1-8-5-9(15)6-10-13(8)17-12-3-4-18-7-11(12)14(10)16-2/h5-6H,3-4,7H2,1-2H3,(H,16,17). The summed E-state index contributed by atoms with van der Waals surface area (Å²) in [6.45, 7) is 3.14. The van der Waals surface area contributed by atoms with Crippen LogP contribution < -0.4 is 5.32 Å². The fourth-order valence-electron chi connectivity index (χ4n) is 2.57. The smallest absolute Gasteiger partial charge is 0.124 e. The Kier molecular flexibility index (Phi) is 2.67. The summed E-state index contributed by atoms with van der Waals surface area (Å²) in [5.41, 5.74) is 4.81. The maximum Gasteiger partial charge on any atom is 0.124 e. The van der Waals surface area contributed by atoms with E-state index in [9.17, 15) is 4.39 Å². The van der Waals surface area contributed by atoms with Crippen molar-refractivity contribution in [3.63, 3.8) is 0 Å². The maximum atomic E-state index is 13.6. The minimum absolute atomic E-state index is 0.227. The third-order valence-electron chi connectivity index (χ3n) is 3.41. The van der Waals surface area contributed by atoms with Crippen molar-refractivity contribution in [1.29, 1.82) is 0 Å². The van der Waals surface area contributed by atoms with Crippen LogP contribution in [0.2, 0.25) is 0 Å². The second-order valence-electron chi connectivity index (χ2n) is 4.58. The molecule has 4 heteroatoms. The SMILES string of the molecule is CNc1c2c(nc3c(C)cc(F)cc13)CCOC2. The lowest BCUT2D eigenvalue weighted by atomic mass is 10.0. The topological polar surface area (TPSA) is 34.2 Å². The van der Waals surface area contributed by atoms with Gasteiger partial charge < -0.3 is 10.1 Å². The van der Waals surface area contributed by atoms with Crippen molar-refractivity contribution in [3.05, 3.63) is 34.8 Å². The van der Waals surface area contributed by atoms with Crippen LogP contribution in [0.1, 0.15) is 16.8 Å². The van der Waals surface area contributed by atoms with Gasteiger partial charge in [-0.05, 0) is 24.6 Å². The molecule has 1 aromatic carbocycles. The van der Waals surface area contributed by atoms with E-state index in [2.05, 4.69) is 10.3 Å². The van der Waals surface area contributed by atoms with Gasteiger partial charge in [-0.1, -0.05) is 0 Å². The molecular weight excluding hydrogens is 231 g/mol. The van der Waals surface area contributed by atoms with Crippen LogP contribution in [-0.4, -0.2) is 18.6 Å². The summed E-state index contributed by atoms with van der Waals surface area (Å²) in [6.07, 6.45) is 0.816. The molecule has 18 heavy (non-hydrogen) atoms. The van der Waals surface area contributed by atoms with Gasteiger partial charge >= 0.3 is 0 Å². The third kappa shape index (κ3) is 1.64. The van der Waals surface area contributed by atoms with Crippen molar-refractivity contribution in [1.82, 2.24) is 4.98 Å². The van der Waals surface area contributed by atoms with Crippen molar-refractivity contribution in [2.75, 3.05) is 19.0 Å². The second kappa shape index (κ2) is 4.21. The van der Waals surface area contributed by atoms with Gasteiger partial charge in [-0.2, -0.15) is 0 Å². The summed E-state index contributed by atoms with van der Waals surface area (Å²) >= 11 is 0. The maximum absolute atomic E-state index is 13.6. The number of benzene rings is 1. The first-order valence-corrected chi connectivity index (χ1v) is 6.08. The summed E-state index contributed by atoms with van der Waals surface area (Å²) in [5.74, 6) is -0.227. The molecule has 0 saturated carbocycles. The van der Waals surface area contributed by atoms with Gasteiger partial charge in [0.05, 0.1) is 30.1 Å². The van der Waals surface area contributed by atoms with Crippen LogP contribution >= 0.6 is 0 Å². The molecule has 2 heterocycles. The van der Waals surface area contributed by atoms with Crippen molar-refractivity contribution in [2.24, 2.45) is 0 Å². The molecule has 0 unspecified atom stereocenters. The molecule has 0 saturated heterocycles. The molecule has 3 rings (SSSR count). The Bertz CT molecular complexity index is 625. The fraction of sp³-hybridized carbons (Fsp3) is 0.357. The average Bonchev–Trinajstić information content (AvgIpc) is 2.36. The first-order valence-electron chi connectivity index (χ1n) is 6.08. The highest BCUT2D eigenvalue weighted by Crippen LogP contribution is 2.33. The number of aryl methyl sites for hydroxylation is 1. The highest BCUT2D eigenvalue weighted by molar-refractivity contribution is 5.95. The molecule has 2 aromatic rings. The first-order chi connectivity index (χ1) is 8.70. The zero-order valence-electron chi connectivity index (χ0n) is 10.5. The van der Waals surface area contributed by atoms with Gasteiger partial charge in [0.2, 0.25) is 0 Å². The molecule has 1 aliphatic heterocycles. The predicted molar refractivity (Wildman–Crippen MR) is 69.3 cm³/mol. The monoisotopic (exact) mass is 246 g/mol. The molecule has 0 aliphatic carbocycles. The van der Waals surface area contributed by atoms with E-state index in [0.29, 0.717) is 13.2 Å². The molecule has 0 radical (unpaired) electrons. The molecule has 3 nitrogen and oxygen atoms in total. The Morgan fingerprint density at radius 2 is 2.22 bits per heavy atom. The number of hydrogen-bond acceptors (Lipinski definition) is 3. The molecule has 1 aliphatic rings. The predicted octanol–water partition coefficient (Wildman–Crippen LogP) is 2.80. The number of fused-ring (bicyclic) bond motifs is 2. The van der Waals surface area contributed by atoms with E-state index in [4.69, 9.17) is 4.74 Å². The van der Waals surface area contributed by atoms with Gasteiger partial charge in [-0.15, -0.1) is 0 Å². The van der Waals surface area contributed by atoms with Gasteiger partial charge in [-0.25, -0.2) is 4.39 Å².